The highest BCUT2D eigenvalue weighted by Crippen LogP contribution is 2.15. The molecule has 1 aliphatic rings. The van der Waals surface area contributed by atoms with Crippen LogP contribution in [0.2, 0.25) is 0 Å². The van der Waals surface area contributed by atoms with E-state index in [1.165, 1.54) is 0 Å². The lowest BCUT2D eigenvalue weighted by molar-refractivity contribution is -0.161. The van der Waals surface area contributed by atoms with Gasteiger partial charge in [0.25, 0.3) is 0 Å². The van der Waals surface area contributed by atoms with E-state index in [4.69, 9.17) is 9.84 Å². The predicted molar refractivity (Wildman–Crippen MR) is 50.9 cm³/mol. The number of hydrogen-bond donors (Lipinski definition) is 4. The third-order valence-corrected chi connectivity index (χ3v) is 2.47. The quantitative estimate of drug-likeness (QED) is 0.447. The minimum Gasteiger partial charge on any atom is -0.394 e. The molecule has 14 heavy (non-hydrogen) atoms. The van der Waals surface area contributed by atoms with Crippen LogP contribution in [-0.4, -0.2) is 59.4 Å². The zero-order valence-electron chi connectivity index (χ0n) is 8.39. The maximum atomic E-state index is 9.66. The summed E-state index contributed by atoms with van der Waals surface area (Å²) >= 11 is 0. The summed E-state index contributed by atoms with van der Waals surface area (Å²) in [5.74, 6) is 0. The second-order valence-corrected chi connectivity index (χ2v) is 3.60. The van der Waals surface area contributed by atoms with Crippen molar-refractivity contribution in [1.29, 1.82) is 0 Å². The Morgan fingerprint density at radius 3 is 2.64 bits per heavy atom. The van der Waals surface area contributed by atoms with Crippen LogP contribution >= 0.6 is 0 Å². The van der Waals surface area contributed by atoms with Crippen LogP contribution < -0.4 is 5.32 Å². The normalized spacial score (nSPS) is 38.6. The van der Waals surface area contributed by atoms with E-state index in [1.807, 2.05) is 6.92 Å². The zero-order chi connectivity index (χ0) is 10.6. The summed E-state index contributed by atoms with van der Waals surface area (Å²) < 4.78 is 5.20. The monoisotopic (exact) mass is 205 g/mol. The standard InChI is InChI=1S/C9H19NO4/c1-2-3-10-6-5-14-7(4-11)9(13)8(6)12/h6-13H,2-5H2,1H3/t6-,7+,8+,9+/m0/s1. The molecule has 1 fully saturated rings. The molecular formula is C9H19NO4. The maximum Gasteiger partial charge on any atom is 0.110 e. The van der Waals surface area contributed by atoms with Gasteiger partial charge in [0.15, 0.2) is 0 Å². The van der Waals surface area contributed by atoms with E-state index in [9.17, 15) is 10.2 Å². The molecule has 84 valence electrons. The van der Waals surface area contributed by atoms with Gasteiger partial charge in [-0.15, -0.1) is 0 Å². The Morgan fingerprint density at radius 1 is 1.36 bits per heavy atom. The number of aliphatic hydroxyl groups is 3. The fourth-order valence-corrected chi connectivity index (χ4v) is 1.55. The number of hydrogen-bond acceptors (Lipinski definition) is 5. The molecule has 4 atom stereocenters. The van der Waals surface area contributed by atoms with Crippen molar-refractivity contribution in [1.82, 2.24) is 5.32 Å². The molecule has 0 aromatic carbocycles. The molecule has 0 unspecified atom stereocenters. The van der Waals surface area contributed by atoms with E-state index in [1.54, 1.807) is 0 Å². The smallest absolute Gasteiger partial charge is 0.110 e. The van der Waals surface area contributed by atoms with Crippen LogP contribution in [0.1, 0.15) is 13.3 Å². The molecule has 0 aliphatic carbocycles. The van der Waals surface area contributed by atoms with Gasteiger partial charge in [0.1, 0.15) is 18.3 Å². The van der Waals surface area contributed by atoms with Crippen LogP contribution in [0, 0.1) is 0 Å². The molecule has 0 aromatic rings. The van der Waals surface area contributed by atoms with E-state index in [2.05, 4.69) is 5.32 Å². The Balaban J connectivity index is 2.42. The third kappa shape index (κ3) is 2.65. The molecule has 0 radical (unpaired) electrons. The van der Waals surface area contributed by atoms with Gasteiger partial charge in [-0.3, -0.25) is 0 Å². The lowest BCUT2D eigenvalue weighted by Gasteiger charge is -2.37. The van der Waals surface area contributed by atoms with Gasteiger partial charge >= 0.3 is 0 Å². The van der Waals surface area contributed by atoms with Crippen molar-refractivity contribution in [2.24, 2.45) is 0 Å². The fourth-order valence-electron chi connectivity index (χ4n) is 1.55. The number of aliphatic hydroxyl groups excluding tert-OH is 3. The second-order valence-electron chi connectivity index (χ2n) is 3.60. The SMILES string of the molecule is CCCN[C@H]1CO[C@H](CO)[C@@H](O)[C@@H]1O. The van der Waals surface area contributed by atoms with Gasteiger partial charge in [-0.25, -0.2) is 0 Å². The summed E-state index contributed by atoms with van der Waals surface area (Å²) in [6.07, 6.45) is -1.58. The van der Waals surface area contributed by atoms with Gasteiger partial charge in [0.05, 0.1) is 19.3 Å². The molecule has 4 N–H and O–H groups in total. The van der Waals surface area contributed by atoms with E-state index in [-0.39, 0.29) is 12.6 Å². The molecule has 1 saturated heterocycles. The highest BCUT2D eigenvalue weighted by molar-refractivity contribution is 4.90. The molecule has 1 heterocycles. The second kappa shape index (κ2) is 5.63. The molecule has 0 aromatic heterocycles. The van der Waals surface area contributed by atoms with E-state index in [0.717, 1.165) is 13.0 Å². The molecule has 0 spiro atoms. The average molecular weight is 205 g/mol. The number of ether oxygens (including phenoxy) is 1. The maximum absolute atomic E-state index is 9.66. The van der Waals surface area contributed by atoms with E-state index < -0.39 is 18.3 Å². The van der Waals surface area contributed by atoms with Gasteiger partial charge in [-0.1, -0.05) is 6.92 Å². The first-order valence-electron chi connectivity index (χ1n) is 5.02. The number of nitrogens with one attached hydrogen (secondary N) is 1. The Kier molecular flexibility index (Phi) is 4.77. The third-order valence-electron chi connectivity index (χ3n) is 2.47. The Bertz CT molecular complexity index is 167. The van der Waals surface area contributed by atoms with E-state index in [0.29, 0.717) is 6.61 Å². The van der Waals surface area contributed by atoms with Crippen molar-refractivity contribution < 1.29 is 20.1 Å². The summed E-state index contributed by atoms with van der Waals surface area (Å²) in [5.41, 5.74) is 0. The van der Waals surface area contributed by atoms with Gasteiger partial charge in [0.2, 0.25) is 0 Å². The predicted octanol–water partition coefficient (Wildman–Crippen LogP) is -1.53. The number of rotatable bonds is 4. The van der Waals surface area contributed by atoms with Crippen molar-refractivity contribution in [2.75, 3.05) is 19.8 Å². The van der Waals surface area contributed by atoms with Crippen molar-refractivity contribution in [3.63, 3.8) is 0 Å². The minimum atomic E-state index is -1.01. The highest BCUT2D eigenvalue weighted by Gasteiger charge is 2.37. The zero-order valence-corrected chi connectivity index (χ0v) is 8.39. The van der Waals surface area contributed by atoms with Gasteiger partial charge < -0.3 is 25.4 Å². The van der Waals surface area contributed by atoms with Crippen LogP contribution in [-0.2, 0) is 4.74 Å². The molecular weight excluding hydrogens is 186 g/mol. The summed E-state index contributed by atoms with van der Waals surface area (Å²) in [7, 11) is 0. The largest absolute Gasteiger partial charge is 0.394 e. The van der Waals surface area contributed by atoms with Crippen LogP contribution in [0.25, 0.3) is 0 Å². The van der Waals surface area contributed by atoms with Gasteiger partial charge in [-0.2, -0.15) is 0 Å². The molecule has 0 saturated carbocycles. The Hall–Kier alpha value is -0.200. The molecule has 5 nitrogen and oxygen atoms in total. The molecule has 0 bridgehead atoms. The molecule has 0 amide bonds. The van der Waals surface area contributed by atoms with Crippen molar-refractivity contribution >= 4 is 0 Å². The van der Waals surface area contributed by atoms with Gasteiger partial charge in [-0.05, 0) is 13.0 Å². The van der Waals surface area contributed by atoms with Gasteiger partial charge in [0, 0.05) is 0 Å². The lowest BCUT2D eigenvalue weighted by Crippen LogP contribution is -2.59. The van der Waals surface area contributed by atoms with Crippen molar-refractivity contribution in [3.05, 3.63) is 0 Å². The Labute approximate surface area is 83.7 Å². The lowest BCUT2D eigenvalue weighted by atomic mass is 9.98. The molecule has 1 aliphatic heterocycles. The van der Waals surface area contributed by atoms with Crippen LogP contribution in [0.3, 0.4) is 0 Å². The van der Waals surface area contributed by atoms with Crippen LogP contribution in [0.15, 0.2) is 0 Å². The fraction of sp³-hybridized carbons (Fsp3) is 1.00. The molecule has 5 heteroatoms. The first-order valence-corrected chi connectivity index (χ1v) is 5.02. The minimum absolute atomic E-state index is 0.243. The first-order chi connectivity index (χ1) is 6.70. The summed E-state index contributed by atoms with van der Waals surface area (Å²) in [5, 5.41) is 31.1. The average Bonchev–Trinajstić information content (AvgIpc) is 2.20. The summed E-state index contributed by atoms with van der Waals surface area (Å²) in [6.45, 7) is 2.86. The van der Waals surface area contributed by atoms with Crippen LogP contribution in [0.5, 0.6) is 0 Å². The summed E-state index contributed by atoms with van der Waals surface area (Å²) in [4.78, 5) is 0. The summed E-state index contributed by atoms with van der Waals surface area (Å²) in [6, 6.07) is -0.243. The van der Waals surface area contributed by atoms with E-state index >= 15 is 0 Å². The van der Waals surface area contributed by atoms with Crippen LogP contribution in [0.4, 0.5) is 0 Å². The van der Waals surface area contributed by atoms with Crippen molar-refractivity contribution in [2.45, 2.75) is 37.7 Å². The highest BCUT2D eigenvalue weighted by atomic mass is 16.5. The Morgan fingerprint density at radius 2 is 2.07 bits per heavy atom. The first kappa shape index (κ1) is 11.9. The molecule has 1 rings (SSSR count). The van der Waals surface area contributed by atoms with Crippen molar-refractivity contribution in [3.8, 4) is 0 Å². The topological polar surface area (TPSA) is 82.0 Å².